The van der Waals surface area contributed by atoms with Crippen molar-refractivity contribution in [3.05, 3.63) is 71.8 Å². The minimum Gasteiger partial charge on any atom is -0.444 e. The molecule has 0 heterocycles. The summed E-state index contributed by atoms with van der Waals surface area (Å²) in [5.41, 5.74) is 1.15. The molecule has 0 N–H and O–H groups in total. The van der Waals surface area contributed by atoms with E-state index in [0.29, 0.717) is 11.1 Å². The van der Waals surface area contributed by atoms with Crippen molar-refractivity contribution >= 4 is 18.0 Å². The van der Waals surface area contributed by atoms with E-state index in [9.17, 15) is 18.4 Å². The van der Waals surface area contributed by atoms with Crippen LogP contribution in [0.2, 0.25) is 0 Å². The summed E-state index contributed by atoms with van der Waals surface area (Å²) < 4.78 is 33.8. The molecular weight excluding hydrogens is 356 g/mol. The third-order valence-electron chi connectivity index (χ3n) is 3.52. The van der Waals surface area contributed by atoms with Gasteiger partial charge in [-0.05, 0) is 23.8 Å². The molecule has 2 aromatic carbocycles. The number of carbonyl (C=O) groups is 2. The highest BCUT2D eigenvalue weighted by molar-refractivity contribution is 5.90. The van der Waals surface area contributed by atoms with Crippen molar-refractivity contribution in [2.45, 2.75) is 12.7 Å². The summed E-state index contributed by atoms with van der Waals surface area (Å²) in [6.07, 6.45) is 1.57. The summed E-state index contributed by atoms with van der Waals surface area (Å²) in [5.74, 6) is -1.05. The van der Waals surface area contributed by atoms with Crippen LogP contribution in [0.1, 0.15) is 17.2 Å². The highest BCUT2D eigenvalue weighted by atomic mass is 19.3. The fourth-order valence-corrected chi connectivity index (χ4v) is 2.20. The van der Waals surface area contributed by atoms with Crippen molar-refractivity contribution in [1.29, 1.82) is 0 Å². The van der Waals surface area contributed by atoms with Crippen LogP contribution < -0.4 is 4.74 Å². The number of likely N-dealkylation sites (N-methyl/N-ethyl adjacent to an activating group) is 1. The van der Waals surface area contributed by atoms with Gasteiger partial charge in [-0.25, -0.2) is 4.79 Å². The number of halogens is 2. The molecule has 1 atom stereocenters. The molecule has 27 heavy (non-hydrogen) atoms. The smallest absolute Gasteiger partial charge is 0.387 e. The first-order chi connectivity index (χ1) is 12.9. The van der Waals surface area contributed by atoms with E-state index in [1.165, 1.54) is 41.3 Å². The standard InChI is InChI=1S/C20H19F2NO4/c1-23(2)19(25)18(15-6-4-3-5-7-15)27-17(24)13-10-14-8-11-16(12-9-14)26-20(21)22/h3-13,18,20H,1-2H3/b13-10+/t18-/m1/s1. The number of alkyl halides is 2. The molecule has 0 bridgehead atoms. The second-order valence-corrected chi connectivity index (χ2v) is 5.74. The second kappa shape index (κ2) is 9.47. The van der Waals surface area contributed by atoms with Gasteiger partial charge < -0.3 is 14.4 Å². The highest BCUT2D eigenvalue weighted by Crippen LogP contribution is 2.20. The van der Waals surface area contributed by atoms with Crippen LogP contribution in [0.15, 0.2) is 60.7 Å². The third kappa shape index (κ3) is 6.22. The Kier molecular flexibility index (Phi) is 7.05. The number of nitrogens with zero attached hydrogens (tertiary/aromatic N) is 1. The lowest BCUT2D eigenvalue weighted by Gasteiger charge is -2.20. The Morgan fingerprint density at radius 1 is 1.00 bits per heavy atom. The van der Waals surface area contributed by atoms with E-state index < -0.39 is 18.7 Å². The molecule has 7 heteroatoms. The molecule has 0 saturated carbocycles. The van der Waals surface area contributed by atoms with Crippen molar-refractivity contribution in [2.75, 3.05) is 14.1 Å². The molecule has 0 unspecified atom stereocenters. The molecule has 0 aromatic heterocycles. The zero-order chi connectivity index (χ0) is 19.8. The Hall–Kier alpha value is -3.22. The monoisotopic (exact) mass is 375 g/mol. The summed E-state index contributed by atoms with van der Waals surface area (Å²) in [5, 5.41) is 0. The van der Waals surface area contributed by atoms with Gasteiger partial charge in [0.05, 0.1) is 0 Å². The predicted octanol–water partition coefficient (Wildman–Crippen LogP) is 3.67. The van der Waals surface area contributed by atoms with Crippen LogP contribution in [0.5, 0.6) is 5.75 Å². The highest BCUT2D eigenvalue weighted by Gasteiger charge is 2.25. The van der Waals surface area contributed by atoms with E-state index in [2.05, 4.69) is 4.74 Å². The zero-order valence-corrected chi connectivity index (χ0v) is 14.8. The minimum atomic E-state index is -2.90. The Bertz CT molecular complexity index is 789. The largest absolute Gasteiger partial charge is 0.444 e. The van der Waals surface area contributed by atoms with Gasteiger partial charge in [0.2, 0.25) is 6.10 Å². The number of rotatable bonds is 7. The number of carbonyl (C=O) groups excluding carboxylic acids is 2. The number of amides is 1. The number of hydrogen-bond acceptors (Lipinski definition) is 4. The Labute approximate surface area is 155 Å². The lowest BCUT2D eigenvalue weighted by atomic mass is 10.1. The van der Waals surface area contributed by atoms with E-state index in [-0.39, 0.29) is 11.7 Å². The quantitative estimate of drug-likeness (QED) is 0.547. The molecule has 2 aromatic rings. The SMILES string of the molecule is CN(C)C(=O)[C@H](OC(=O)/C=C/c1ccc(OC(F)F)cc1)c1ccccc1. The molecular formula is C20H19F2NO4. The first-order valence-electron chi connectivity index (χ1n) is 8.06. The zero-order valence-electron chi connectivity index (χ0n) is 14.8. The summed E-state index contributed by atoms with van der Waals surface area (Å²) in [4.78, 5) is 25.8. The molecule has 0 aliphatic heterocycles. The molecule has 1 amide bonds. The van der Waals surface area contributed by atoms with E-state index in [1.807, 2.05) is 0 Å². The van der Waals surface area contributed by atoms with Crippen molar-refractivity contribution in [2.24, 2.45) is 0 Å². The molecule has 2 rings (SSSR count). The molecule has 142 valence electrons. The van der Waals surface area contributed by atoms with Crippen LogP contribution in [0.3, 0.4) is 0 Å². The molecule has 0 radical (unpaired) electrons. The van der Waals surface area contributed by atoms with Crippen LogP contribution in [0.4, 0.5) is 8.78 Å². The Morgan fingerprint density at radius 3 is 2.19 bits per heavy atom. The predicted molar refractivity (Wildman–Crippen MR) is 96.1 cm³/mol. The number of esters is 1. The normalized spacial score (nSPS) is 12.0. The number of ether oxygens (including phenoxy) is 2. The topological polar surface area (TPSA) is 55.8 Å². The minimum absolute atomic E-state index is 0.0189. The van der Waals surface area contributed by atoms with E-state index in [1.54, 1.807) is 44.4 Å². The van der Waals surface area contributed by atoms with Crippen molar-refractivity contribution in [3.63, 3.8) is 0 Å². The molecule has 0 saturated heterocycles. The molecule has 0 spiro atoms. The van der Waals surface area contributed by atoms with Gasteiger partial charge in [-0.15, -0.1) is 0 Å². The van der Waals surface area contributed by atoms with Gasteiger partial charge in [-0.2, -0.15) is 8.78 Å². The van der Waals surface area contributed by atoms with Crippen LogP contribution >= 0.6 is 0 Å². The molecule has 0 aliphatic rings. The maximum atomic E-state index is 12.3. The lowest BCUT2D eigenvalue weighted by molar-refractivity contribution is -0.155. The summed E-state index contributed by atoms with van der Waals surface area (Å²) in [6, 6.07) is 14.4. The van der Waals surface area contributed by atoms with Gasteiger partial charge in [0, 0.05) is 25.7 Å². The fraction of sp³-hybridized carbons (Fsp3) is 0.200. The van der Waals surface area contributed by atoms with Gasteiger partial charge in [0.1, 0.15) is 5.75 Å². The van der Waals surface area contributed by atoms with Crippen LogP contribution in [0.25, 0.3) is 6.08 Å². The average molecular weight is 375 g/mol. The van der Waals surface area contributed by atoms with E-state index in [0.717, 1.165) is 0 Å². The average Bonchev–Trinajstić information content (AvgIpc) is 2.65. The van der Waals surface area contributed by atoms with Crippen LogP contribution in [0, 0.1) is 0 Å². The van der Waals surface area contributed by atoms with Crippen LogP contribution in [-0.4, -0.2) is 37.5 Å². The molecule has 0 aliphatic carbocycles. The first-order valence-corrected chi connectivity index (χ1v) is 8.06. The van der Waals surface area contributed by atoms with E-state index in [4.69, 9.17) is 4.74 Å². The first kappa shape index (κ1) is 20.1. The van der Waals surface area contributed by atoms with Gasteiger partial charge in [0.25, 0.3) is 5.91 Å². The molecule has 5 nitrogen and oxygen atoms in total. The van der Waals surface area contributed by atoms with Crippen molar-refractivity contribution < 1.29 is 27.8 Å². The number of benzene rings is 2. The fourth-order valence-electron chi connectivity index (χ4n) is 2.20. The van der Waals surface area contributed by atoms with Gasteiger partial charge >= 0.3 is 12.6 Å². The third-order valence-corrected chi connectivity index (χ3v) is 3.52. The maximum Gasteiger partial charge on any atom is 0.387 e. The van der Waals surface area contributed by atoms with Gasteiger partial charge in [0.15, 0.2) is 0 Å². The maximum absolute atomic E-state index is 12.3. The summed E-state index contributed by atoms with van der Waals surface area (Å²) in [7, 11) is 3.15. The lowest BCUT2D eigenvalue weighted by Crippen LogP contribution is -2.30. The van der Waals surface area contributed by atoms with Crippen molar-refractivity contribution in [3.8, 4) is 5.75 Å². The van der Waals surface area contributed by atoms with E-state index >= 15 is 0 Å². The Balaban J connectivity index is 2.06. The Morgan fingerprint density at radius 2 is 1.63 bits per heavy atom. The second-order valence-electron chi connectivity index (χ2n) is 5.74. The van der Waals surface area contributed by atoms with Crippen molar-refractivity contribution in [1.82, 2.24) is 4.90 Å². The molecule has 0 fully saturated rings. The van der Waals surface area contributed by atoms with Gasteiger partial charge in [-0.1, -0.05) is 42.5 Å². The van der Waals surface area contributed by atoms with Crippen LogP contribution in [-0.2, 0) is 14.3 Å². The summed E-state index contributed by atoms with van der Waals surface area (Å²) in [6.45, 7) is -2.90. The van der Waals surface area contributed by atoms with Gasteiger partial charge in [-0.3, -0.25) is 4.79 Å². The number of hydrogen-bond donors (Lipinski definition) is 0. The summed E-state index contributed by atoms with van der Waals surface area (Å²) >= 11 is 0.